The Labute approximate surface area is 220 Å². The highest BCUT2D eigenvalue weighted by Gasteiger charge is 2.40. The third-order valence-electron chi connectivity index (χ3n) is 7.84. The maximum Gasteiger partial charge on any atom is 0.222 e. The maximum atomic E-state index is 13.4. The van der Waals surface area contributed by atoms with Gasteiger partial charge in [0.1, 0.15) is 0 Å². The van der Waals surface area contributed by atoms with Crippen LogP contribution in [-0.4, -0.2) is 47.8 Å². The van der Waals surface area contributed by atoms with Gasteiger partial charge in [-0.1, -0.05) is 49.4 Å². The topological polar surface area (TPSA) is 72.3 Å². The largest absolute Gasteiger partial charge is 0.341 e. The van der Waals surface area contributed by atoms with Crippen molar-refractivity contribution in [1.29, 1.82) is 0 Å². The highest BCUT2D eigenvalue weighted by molar-refractivity contribution is 7.91. The maximum absolute atomic E-state index is 13.4. The smallest absolute Gasteiger partial charge is 0.222 e. The summed E-state index contributed by atoms with van der Waals surface area (Å²) in [6, 6.07) is 20.1. The van der Waals surface area contributed by atoms with Crippen molar-refractivity contribution in [2.45, 2.75) is 75.1 Å². The second kappa shape index (κ2) is 10.4. The number of benzene rings is 2. The number of rotatable bonds is 9. The molecule has 2 unspecified atom stereocenters. The number of likely N-dealkylation sites (tertiary alicyclic amines) is 1. The Morgan fingerprint density at radius 2 is 1.68 bits per heavy atom. The Morgan fingerprint density at radius 3 is 2.30 bits per heavy atom. The van der Waals surface area contributed by atoms with E-state index in [4.69, 9.17) is 5.10 Å². The number of nitrogens with zero attached hydrogens (tertiary/aromatic N) is 3. The van der Waals surface area contributed by atoms with E-state index >= 15 is 0 Å². The summed E-state index contributed by atoms with van der Waals surface area (Å²) in [6.07, 6.45) is 3.44. The summed E-state index contributed by atoms with van der Waals surface area (Å²) in [6.45, 7) is 7.39. The summed E-state index contributed by atoms with van der Waals surface area (Å²) in [5.41, 5.74) is 4.69. The molecule has 37 heavy (non-hydrogen) atoms. The first-order valence-corrected chi connectivity index (χ1v) is 15.2. The first-order valence-electron chi connectivity index (χ1n) is 13.5. The summed E-state index contributed by atoms with van der Waals surface area (Å²) < 4.78 is 26.4. The molecule has 0 spiro atoms. The van der Waals surface area contributed by atoms with Crippen molar-refractivity contribution in [3.8, 4) is 0 Å². The summed E-state index contributed by atoms with van der Waals surface area (Å²) in [7, 11) is -3.22. The molecule has 2 aromatic carbocycles. The van der Waals surface area contributed by atoms with Gasteiger partial charge < -0.3 is 4.90 Å². The molecule has 1 aromatic heterocycles. The van der Waals surface area contributed by atoms with Gasteiger partial charge in [0.2, 0.25) is 5.91 Å². The minimum atomic E-state index is -3.22. The first kappa shape index (κ1) is 25.7. The number of aromatic nitrogens is 2. The Morgan fingerprint density at radius 1 is 1.00 bits per heavy atom. The van der Waals surface area contributed by atoms with E-state index in [2.05, 4.69) is 48.9 Å². The predicted octanol–water partition coefficient (Wildman–Crippen LogP) is 5.48. The highest BCUT2D eigenvalue weighted by Crippen LogP contribution is 2.44. The van der Waals surface area contributed by atoms with Gasteiger partial charge in [0.05, 0.1) is 16.3 Å². The van der Waals surface area contributed by atoms with Crippen LogP contribution in [0.15, 0.2) is 65.6 Å². The molecule has 2 heterocycles. The Hall–Kier alpha value is -2.93. The van der Waals surface area contributed by atoms with E-state index in [0.29, 0.717) is 36.7 Å². The molecule has 0 bridgehead atoms. The van der Waals surface area contributed by atoms with Crippen LogP contribution in [0.5, 0.6) is 0 Å². The van der Waals surface area contributed by atoms with Gasteiger partial charge in [0.15, 0.2) is 9.84 Å². The number of amides is 1. The van der Waals surface area contributed by atoms with Gasteiger partial charge in [-0.2, -0.15) is 5.10 Å². The summed E-state index contributed by atoms with van der Waals surface area (Å²) in [5.74, 6) is 1.25. The fraction of sp³-hybridized carbons (Fsp3) is 0.467. The van der Waals surface area contributed by atoms with Crippen molar-refractivity contribution in [2.24, 2.45) is 0 Å². The average molecular weight is 520 g/mol. The molecule has 5 rings (SSSR count). The molecule has 196 valence electrons. The standard InChI is InChI=1S/C30H37N3O3S/c1-4-37(35,36)25-15-10-22(11-16-25)12-17-30(34)32-19-26(23-8-6-5-7-9-23)27(20-32)29-18-28(24-13-14-24)31-33(29)21(2)3/h5-11,15-16,18,21,24,26-27H,4,12-14,17,19-20H2,1-3H3. The zero-order chi connectivity index (χ0) is 26.2. The van der Waals surface area contributed by atoms with Crippen molar-refractivity contribution in [1.82, 2.24) is 14.7 Å². The minimum Gasteiger partial charge on any atom is -0.341 e. The lowest BCUT2D eigenvalue weighted by atomic mass is 9.86. The normalized spacial score (nSPS) is 20.1. The molecule has 1 saturated carbocycles. The lowest BCUT2D eigenvalue weighted by Gasteiger charge is -2.21. The van der Waals surface area contributed by atoms with Gasteiger partial charge in [-0.05, 0) is 62.4 Å². The van der Waals surface area contributed by atoms with Gasteiger partial charge in [0, 0.05) is 49.0 Å². The SMILES string of the molecule is CCS(=O)(=O)c1ccc(CCC(=O)N2CC(c3ccccc3)C(c3cc(C4CC4)nn3C(C)C)C2)cc1. The van der Waals surface area contributed by atoms with Crippen molar-refractivity contribution < 1.29 is 13.2 Å². The van der Waals surface area contributed by atoms with Gasteiger partial charge in [-0.15, -0.1) is 0 Å². The average Bonchev–Trinajstić information content (AvgIpc) is 3.50. The van der Waals surface area contributed by atoms with E-state index in [0.717, 1.165) is 5.56 Å². The molecule has 1 saturated heterocycles. The second-order valence-corrected chi connectivity index (χ2v) is 13.1. The highest BCUT2D eigenvalue weighted by atomic mass is 32.2. The van der Waals surface area contributed by atoms with Crippen LogP contribution < -0.4 is 0 Å². The van der Waals surface area contributed by atoms with E-state index < -0.39 is 9.84 Å². The molecular formula is C30H37N3O3S. The molecule has 2 aliphatic rings. The number of aryl methyl sites for hydroxylation is 1. The van der Waals surface area contributed by atoms with Gasteiger partial charge in [-0.25, -0.2) is 8.42 Å². The molecule has 7 heteroatoms. The molecule has 0 radical (unpaired) electrons. The molecule has 2 fully saturated rings. The zero-order valence-electron chi connectivity index (χ0n) is 22.0. The van der Waals surface area contributed by atoms with Crippen LogP contribution in [0.25, 0.3) is 0 Å². The minimum absolute atomic E-state index is 0.0847. The van der Waals surface area contributed by atoms with Gasteiger partial charge in [-0.3, -0.25) is 9.48 Å². The summed E-state index contributed by atoms with van der Waals surface area (Å²) >= 11 is 0. The van der Waals surface area contributed by atoms with E-state index in [1.54, 1.807) is 19.1 Å². The molecule has 2 atom stereocenters. The zero-order valence-corrected chi connectivity index (χ0v) is 22.8. The van der Waals surface area contributed by atoms with Gasteiger partial charge >= 0.3 is 0 Å². The van der Waals surface area contributed by atoms with Crippen LogP contribution in [0, 0.1) is 0 Å². The monoisotopic (exact) mass is 519 g/mol. The third-order valence-corrected chi connectivity index (χ3v) is 9.59. The number of sulfone groups is 1. The van der Waals surface area contributed by atoms with Crippen LogP contribution in [-0.2, 0) is 21.1 Å². The molecule has 0 N–H and O–H groups in total. The van der Waals surface area contributed by atoms with E-state index in [1.807, 2.05) is 23.1 Å². The number of carbonyl (C=O) groups excluding carboxylic acids is 1. The van der Waals surface area contributed by atoms with Crippen molar-refractivity contribution in [3.05, 3.63) is 83.2 Å². The fourth-order valence-corrected chi connectivity index (χ4v) is 6.37. The van der Waals surface area contributed by atoms with E-state index in [1.165, 1.54) is 29.8 Å². The number of carbonyl (C=O) groups is 1. The number of hydrogen-bond donors (Lipinski definition) is 0. The molecule has 1 aliphatic heterocycles. The molecule has 1 aliphatic carbocycles. The van der Waals surface area contributed by atoms with Crippen molar-refractivity contribution in [2.75, 3.05) is 18.8 Å². The Kier molecular flexibility index (Phi) is 7.26. The lowest BCUT2D eigenvalue weighted by Crippen LogP contribution is -2.29. The van der Waals surface area contributed by atoms with Crippen LogP contribution >= 0.6 is 0 Å². The fourth-order valence-electron chi connectivity index (χ4n) is 5.48. The predicted molar refractivity (Wildman–Crippen MR) is 146 cm³/mol. The summed E-state index contributed by atoms with van der Waals surface area (Å²) in [5, 5.41) is 4.99. The molecule has 6 nitrogen and oxygen atoms in total. The van der Waals surface area contributed by atoms with E-state index in [-0.39, 0.29) is 29.5 Å². The first-order chi connectivity index (χ1) is 17.8. The van der Waals surface area contributed by atoms with Crippen molar-refractivity contribution in [3.63, 3.8) is 0 Å². The second-order valence-electron chi connectivity index (χ2n) is 10.8. The number of hydrogen-bond acceptors (Lipinski definition) is 4. The molecule has 3 aromatic rings. The van der Waals surface area contributed by atoms with Crippen LogP contribution in [0.1, 0.15) is 86.3 Å². The van der Waals surface area contributed by atoms with Crippen LogP contribution in [0.2, 0.25) is 0 Å². The quantitative estimate of drug-likeness (QED) is 0.375. The Balaban J connectivity index is 1.34. The summed E-state index contributed by atoms with van der Waals surface area (Å²) in [4.78, 5) is 15.8. The Bertz CT molecular complexity index is 1340. The molecule has 1 amide bonds. The van der Waals surface area contributed by atoms with Crippen LogP contribution in [0.3, 0.4) is 0 Å². The van der Waals surface area contributed by atoms with Crippen molar-refractivity contribution >= 4 is 15.7 Å². The van der Waals surface area contributed by atoms with E-state index in [9.17, 15) is 13.2 Å². The molecular weight excluding hydrogens is 482 g/mol. The van der Waals surface area contributed by atoms with Gasteiger partial charge in [0.25, 0.3) is 0 Å². The lowest BCUT2D eigenvalue weighted by molar-refractivity contribution is -0.130. The van der Waals surface area contributed by atoms with Crippen LogP contribution in [0.4, 0.5) is 0 Å². The third kappa shape index (κ3) is 5.52.